The molecule has 7 nitrogen and oxygen atoms in total. The third-order valence-corrected chi connectivity index (χ3v) is 5.34. The highest BCUT2D eigenvalue weighted by atomic mass is 32.1. The number of nitrogens with zero attached hydrogens (tertiary/aromatic N) is 6. The Morgan fingerprint density at radius 3 is 3.00 bits per heavy atom. The van der Waals surface area contributed by atoms with Crippen LogP contribution in [-0.4, -0.2) is 48.5 Å². The minimum atomic E-state index is 0.0634. The zero-order valence-corrected chi connectivity index (χ0v) is 14.0. The molecule has 2 aromatic rings. The maximum Gasteiger partial charge on any atom is 0.267 e. The molecular weight excluding hydrogens is 312 g/mol. The van der Waals surface area contributed by atoms with Crippen LogP contribution in [0.25, 0.3) is 0 Å². The molecule has 1 aliphatic carbocycles. The Morgan fingerprint density at radius 1 is 1.35 bits per heavy atom. The quantitative estimate of drug-likeness (QED) is 0.837. The van der Waals surface area contributed by atoms with Crippen LogP contribution in [0.15, 0.2) is 6.20 Å². The summed E-state index contributed by atoms with van der Waals surface area (Å²) >= 11 is 1.21. The van der Waals surface area contributed by atoms with Gasteiger partial charge in [-0.1, -0.05) is 23.0 Å². The van der Waals surface area contributed by atoms with Crippen molar-refractivity contribution >= 4 is 17.4 Å². The molecule has 2 fully saturated rings. The standard InChI is InChI=1S/C15H20N6OS/c1-2-3-12-14(23-19-17-12)15(22)20-7-6-11(8-20)21-9-13(16-18-21)10-4-5-10/h9-11H,2-8H2,1H3. The predicted octanol–water partition coefficient (Wildman–Crippen LogP) is 2.05. The Labute approximate surface area is 138 Å². The molecule has 0 aromatic carbocycles. The molecule has 1 saturated carbocycles. The van der Waals surface area contributed by atoms with Gasteiger partial charge in [0.2, 0.25) is 0 Å². The van der Waals surface area contributed by atoms with Gasteiger partial charge in [0, 0.05) is 25.2 Å². The van der Waals surface area contributed by atoms with Crippen molar-refractivity contribution < 1.29 is 4.79 Å². The van der Waals surface area contributed by atoms with Crippen molar-refractivity contribution in [3.63, 3.8) is 0 Å². The van der Waals surface area contributed by atoms with Crippen LogP contribution in [0.2, 0.25) is 0 Å². The van der Waals surface area contributed by atoms with E-state index in [1.165, 1.54) is 24.4 Å². The average molecular weight is 332 g/mol. The number of carbonyl (C=O) groups is 1. The Bertz CT molecular complexity index is 706. The lowest BCUT2D eigenvalue weighted by atomic mass is 10.2. The van der Waals surface area contributed by atoms with Gasteiger partial charge in [-0.25, -0.2) is 4.68 Å². The second-order valence-electron chi connectivity index (χ2n) is 6.39. The molecule has 1 atom stereocenters. The molecule has 3 heterocycles. The Hall–Kier alpha value is -1.83. The fourth-order valence-electron chi connectivity index (χ4n) is 3.09. The van der Waals surface area contributed by atoms with Gasteiger partial charge in [0.1, 0.15) is 4.88 Å². The van der Waals surface area contributed by atoms with Crippen molar-refractivity contribution in [2.24, 2.45) is 0 Å². The largest absolute Gasteiger partial charge is 0.336 e. The highest BCUT2D eigenvalue weighted by Gasteiger charge is 2.32. The molecule has 2 aromatic heterocycles. The summed E-state index contributed by atoms with van der Waals surface area (Å²) in [5, 5.41) is 12.6. The smallest absolute Gasteiger partial charge is 0.267 e. The molecule has 122 valence electrons. The van der Waals surface area contributed by atoms with Gasteiger partial charge in [0.05, 0.1) is 17.4 Å². The van der Waals surface area contributed by atoms with E-state index in [1.807, 2.05) is 9.58 Å². The second-order valence-corrected chi connectivity index (χ2v) is 7.14. The van der Waals surface area contributed by atoms with Crippen molar-refractivity contribution in [1.82, 2.24) is 29.5 Å². The number of aromatic nitrogens is 5. The fraction of sp³-hybridized carbons (Fsp3) is 0.667. The van der Waals surface area contributed by atoms with E-state index in [2.05, 4.69) is 33.0 Å². The normalized spacial score (nSPS) is 21.1. The Morgan fingerprint density at radius 2 is 2.22 bits per heavy atom. The maximum atomic E-state index is 12.7. The van der Waals surface area contributed by atoms with Crippen LogP contribution in [0.5, 0.6) is 0 Å². The first-order valence-corrected chi connectivity index (χ1v) is 9.05. The first-order valence-electron chi connectivity index (χ1n) is 8.28. The van der Waals surface area contributed by atoms with Crippen molar-refractivity contribution in [3.8, 4) is 0 Å². The van der Waals surface area contributed by atoms with E-state index in [-0.39, 0.29) is 11.9 Å². The van der Waals surface area contributed by atoms with E-state index in [0.29, 0.717) is 17.3 Å². The molecule has 2 aliphatic rings. The molecule has 4 rings (SSSR count). The summed E-state index contributed by atoms with van der Waals surface area (Å²) in [6.07, 6.45) is 7.22. The van der Waals surface area contributed by atoms with Gasteiger partial charge in [-0.2, -0.15) is 0 Å². The summed E-state index contributed by atoms with van der Waals surface area (Å²) < 4.78 is 5.90. The van der Waals surface area contributed by atoms with E-state index in [0.717, 1.165) is 37.2 Å². The van der Waals surface area contributed by atoms with Crippen LogP contribution in [0.4, 0.5) is 0 Å². The summed E-state index contributed by atoms with van der Waals surface area (Å²) in [5.74, 6) is 0.677. The molecule has 1 saturated heterocycles. The lowest BCUT2D eigenvalue weighted by Crippen LogP contribution is -2.29. The molecule has 0 bridgehead atoms. The number of carbonyl (C=O) groups excluding carboxylic acids is 1. The third kappa shape index (κ3) is 2.87. The maximum absolute atomic E-state index is 12.7. The molecule has 23 heavy (non-hydrogen) atoms. The number of aryl methyl sites for hydroxylation is 1. The SMILES string of the molecule is CCCc1nnsc1C(=O)N1CCC(n2cc(C3CC3)nn2)C1. The number of hydrogen-bond donors (Lipinski definition) is 0. The number of hydrogen-bond acceptors (Lipinski definition) is 6. The van der Waals surface area contributed by atoms with Gasteiger partial charge >= 0.3 is 0 Å². The Balaban J connectivity index is 1.44. The van der Waals surface area contributed by atoms with Crippen molar-refractivity contribution in [3.05, 3.63) is 22.5 Å². The van der Waals surface area contributed by atoms with Crippen LogP contribution < -0.4 is 0 Å². The van der Waals surface area contributed by atoms with Gasteiger partial charge in [0.15, 0.2) is 0 Å². The number of amides is 1. The molecule has 1 unspecified atom stereocenters. The molecule has 0 radical (unpaired) electrons. The highest BCUT2D eigenvalue weighted by Crippen LogP contribution is 2.39. The summed E-state index contributed by atoms with van der Waals surface area (Å²) in [6, 6.07) is 0.231. The zero-order chi connectivity index (χ0) is 15.8. The number of rotatable bonds is 5. The lowest BCUT2D eigenvalue weighted by molar-refractivity contribution is 0.0790. The summed E-state index contributed by atoms with van der Waals surface area (Å²) in [4.78, 5) is 15.3. The van der Waals surface area contributed by atoms with Crippen LogP contribution in [0, 0.1) is 0 Å². The van der Waals surface area contributed by atoms with Gasteiger partial charge in [-0.15, -0.1) is 10.2 Å². The van der Waals surface area contributed by atoms with Crippen LogP contribution in [0.3, 0.4) is 0 Å². The predicted molar refractivity (Wildman–Crippen MR) is 85.5 cm³/mol. The molecule has 1 aliphatic heterocycles. The van der Waals surface area contributed by atoms with E-state index in [1.54, 1.807) is 0 Å². The van der Waals surface area contributed by atoms with Gasteiger partial charge < -0.3 is 4.90 Å². The van der Waals surface area contributed by atoms with Crippen molar-refractivity contribution in [2.45, 2.75) is 51.0 Å². The van der Waals surface area contributed by atoms with Gasteiger partial charge in [0.25, 0.3) is 5.91 Å². The van der Waals surface area contributed by atoms with E-state index in [9.17, 15) is 4.79 Å². The van der Waals surface area contributed by atoms with E-state index >= 15 is 0 Å². The second kappa shape index (κ2) is 5.99. The summed E-state index contributed by atoms with van der Waals surface area (Å²) in [5.41, 5.74) is 1.94. The summed E-state index contributed by atoms with van der Waals surface area (Å²) in [6.45, 7) is 3.53. The zero-order valence-electron chi connectivity index (χ0n) is 13.2. The van der Waals surface area contributed by atoms with Crippen LogP contribution in [-0.2, 0) is 6.42 Å². The molecule has 1 amide bonds. The molecular formula is C15H20N6OS. The Kier molecular flexibility index (Phi) is 3.84. The monoisotopic (exact) mass is 332 g/mol. The molecule has 0 N–H and O–H groups in total. The van der Waals surface area contributed by atoms with Gasteiger partial charge in [-0.05, 0) is 37.2 Å². The minimum absolute atomic E-state index is 0.0634. The molecule has 0 spiro atoms. The van der Waals surface area contributed by atoms with E-state index in [4.69, 9.17) is 0 Å². The lowest BCUT2D eigenvalue weighted by Gasteiger charge is -2.15. The highest BCUT2D eigenvalue weighted by molar-refractivity contribution is 7.08. The molecule has 8 heteroatoms. The minimum Gasteiger partial charge on any atom is -0.336 e. The van der Waals surface area contributed by atoms with Crippen LogP contribution in [0.1, 0.15) is 65.6 Å². The summed E-state index contributed by atoms with van der Waals surface area (Å²) in [7, 11) is 0. The third-order valence-electron chi connectivity index (χ3n) is 4.59. The first kappa shape index (κ1) is 14.7. The van der Waals surface area contributed by atoms with E-state index < -0.39 is 0 Å². The fourth-order valence-corrected chi connectivity index (χ4v) is 3.77. The van der Waals surface area contributed by atoms with Crippen LogP contribution >= 0.6 is 11.5 Å². The topological polar surface area (TPSA) is 76.8 Å². The average Bonchev–Trinajstić information content (AvgIpc) is 2.99. The first-order chi connectivity index (χ1) is 11.3. The van der Waals surface area contributed by atoms with Crippen molar-refractivity contribution in [2.75, 3.05) is 13.1 Å². The van der Waals surface area contributed by atoms with Crippen molar-refractivity contribution in [1.29, 1.82) is 0 Å². The van der Waals surface area contributed by atoms with Gasteiger partial charge in [-0.3, -0.25) is 4.79 Å². The number of likely N-dealkylation sites (tertiary alicyclic amines) is 1.